The number of aryl methyl sites for hydroxylation is 1. The fraction of sp³-hybridized carbons (Fsp3) is 0.235. The molecule has 3 aromatic rings. The molecule has 3 rings (SSSR count). The standard InChI is InChI=1S/C17H15F3N2O/c18-17(19,20)13-5-3-6-14(11-13)23-10-4-9-22-12-21-15-7-1-2-8-16(15)22/h1-3,5-8,11-12H,4,9-10H2. The lowest BCUT2D eigenvalue weighted by Gasteiger charge is -2.10. The Balaban J connectivity index is 1.56. The number of halogens is 3. The molecule has 120 valence electrons. The van der Waals surface area contributed by atoms with E-state index in [9.17, 15) is 13.2 Å². The van der Waals surface area contributed by atoms with Crippen LogP contribution in [0.2, 0.25) is 0 Å². The summed E-state index contributed by atoms with van der Waals surface area (Å²) >= 11 is 0. The minimum atomic E-state index is -4.35. The summed E-state index contributed by atoms with van der Waals surface area (Å²) < 4.78 is 45.3. The van der Waals surface area contributed by atoms with Gasteiger partial charge in [0.25, 0.3) is 0 Å². The van der Waals surface area contributed by atoms with Gasteiger partial charge in [-0.3, -0.25) is 0 Å². The Kier molecular flexibility index (Phi) is 4.23. The van der Waals surface area contributed by atoms with Crippen LogP contribution in [0, 0.1) is 0 Å². The Morgan fingerprint density at radius 3 is 2.70 bits per heavy atom. The number of imidazole rings is 1. The number of rotatable bonds is 5. The van der Waals surface area contributed by atoms with Crippen molar-refractivity contribution in [2.45, 2.75) is 19.1 Å². The molecule has 0 saturated heterocycles. The van der Waals surface area contributed by atoms with E-state index in [1.807, 2.05) is 28.8 Å². The maximum atomic E-state index is 12.6. The van der Waals surface area contributed by atoms with Crippen LogP contribution in [0.1, 0.15) is 12.0 Å². The lowest BCUT2D eigenvalue weighted by atomic mass is 10.2. The van der Waals surface area contributed by atoms with Gasteiger partial charge in [0, 0.05) is 6.54 Å². The first-order valence-electron chi connectivity index (χ1n) is 7.24. The third-order valence-electron chi connectivity index (χ3n) is 3.50. The second kappa shape index (κ2) is 6.32. The predicted octanol–water partition coefficient (Wildman–Crippen LogP) is 4.52. The van der Waals surface area contributed by atoms with Gasteiger partial charge < -0.3 is 9.30 Å². The molecule has 0 N–H and O–H groups in total. The summed E-state index contributed by atoms with van der Waals surface area (Å²) in [5.41, 5.74) is 1.26. The van der Waals surface area contributed by atoms with Crippen LogP contribution in [0.4, 0.5) is 13.2 Å². The highest BCUT2D eigenvalue weighted by molar-refractivity contribution is 5.74. The van der Waals surface area contributed by atoms with Crippen molar-refractivity contribution in [3.63, 3.8) is 0 Å². The minimum absolute atomic E-state index is 0.232. The van der Waals surface area contributed by atoms with Crippen molar-refractivity contribution in [3.8, 4) is 5.75 Å². The quantitative estimate of drug-likeness (QED) is 0.646. The molecule has 0 aliphatic carbocycles. The highest BCUT2D eigenvalue weighted by atomic mass is 19.4. The molecule has 1 heterocycles. The molecule has 2 aromatic carbocycles. The van der Waals surface area contributed by atoms with Crippen molar-refractivity contribution in [2.75, 3.05) is 6.61 Å². The zero-order valence-corrected chi connectivity index (χ0v) is 12.3. The van der Waals surface area contributed by atoms with E-state index in [4.69, 9.17) is 4.74 Å². The predicted molar refractivity (Wildman–Crippen MR) is 81.3 cm³/mol. The van der Waals surface area contributed by atoms with Crippen LogP contribution in [-0.4, -0.2) is 16.2 Å². The normalized spacial score (nSPS) is 11.8. The third-order valence-corrected chi connectivity index (χ3v) is 3.50. The lowest BCUT2D eigenvalue weighted by Crippen LogP contribution is -2.06. The highest BCUT2D eigenvalue weighted by Crippen LogP contribution is 2.31. The molecule has 0 spiro atoms. The van der Waals surface area contributed by atoms with Crippen molar-refractivity contribution in [1.82, 2.24) is 9.55 Å². The average molecular weight is 320 g/mol. The first-order chi connectivity index (χ1) is 11.0. The van der Waals surface area contributed by atoms with Crippen molar-refractivity contribution in [1.29, 1.82) is 0 Å². The molecule has 0 fully saturated rings. The first-order valence-corrected chi connectivity index (χ1v) is 7.24. The molecule has 0 aliphatic rings. The number of ether oxygens (including phenoxy) is 1. The molecule has 0 aliphatic heterocycles. The smallest absolute Gasteiger partial charge is 0.416 e. The Morgan fingerprint density at radius 2 is 1.87 bits per heavy atom. The van der Waals surface area contributed by atoms with Crippen LogP contribution in [0.25, 0.3) is 11.0 Å². The summed E-state index contributed by atoms with van der Waals surface area (Å²) in [5, 5.41) is 0. The summed E-state index contributed by atoms with van der Waals surface area (Å²) in [6, 6.07) is 12.7. The van der Waals surface area contributed by atoms with Crippen molar-refractivity contribution in [3.05, 3.63) is 60.4 Å². The zero-order valence-electron chi connectivity index (χ0n) is 12.3. The Labute approximate surface area is 131 Å². The fourth-order valence-corrected chi connectivity index (χ4v) is 2.38. The molecule has 1 aromatic heterocycles. The van der Waals surface area contributed by atoms with Gasteiger partial charge in [-0.1, -0.05) is 18.2 Å². The second-order valence-electron chi connectivity index (χ2n) is 5.15. The fourth-order valence-electron chi connectivity index (χ4n) is 2.38. The van der Waals surface area contributed by atoms with Crippen LogP contribution >= 0.6 is 0 Å². The van der Waals surface area contributed by atoms with E-state index in [2.05, 4.69) is 4.98 Å². The number of alkyl halides is 3. The molecule has 6 heteroatoms. The van der Waals surface area contributed by atoms with Crippen molar-refractivity contribution < 1.29 is 17.9 Å². The molecule has 3 nitrogen and oxygen atoms in total. The molecular weight excluding hydrogens is 305 g/mol. The molecule has 0 radical (unpaired) electrons. The topological polar surface area (TPSA) is 27.1 Å². The van der Waals surface area contributed by atoms with Gasteiger partial charge in [-0.2, -0.15) is 13.2 Å². The molecule has 0 amide bonds. The van der Waals surface area contributed by atoms with Crippen LogP contribution in [0.15, 0.2) is 54.9 Å². The molecule has 0 atom stereocenters. The Morgan fingerprint density at radius 1 is 1.04 bits per heavy atom. The summed E-state index contributed by atoms with van der Waals surface area (Å²) in [4.78, 5) is 4.29. The van der Waals surface area contributed by atoms with Gasteiger partial charge in [0.2, 0.25) is 0 Å². The molecule has 0 unspecified atom stereocenters. The van der Waals surface area contributed by atoms with Gasteiger partial charge in [0.1, 0.15) is 5.75 Å². The van der Waals surface area contributed by atoms with E-state index in [0.717, 1.165) is 23.2 Å². The largest absolute Gasteiger partial charge is 0.494 e. The average Bonchev–Trinajstić information content (AvgIpc) is 2.94. The van der Waals surface area contributed by atoms with Gasteiger partial charge in [0.15, 0.2) is 0 Å². The van der Waals surface area contributed by atoms with Gasteiger partial charge >= 0.3 is 6.18 Å². The number of para-hydroxylation sites is 2. The number of nitrogens with zero attached hydrogens (tertiary/aromatic N) is 2. The van der Waals surface area contributed by atoms with E-state index < -0.39 is 11.7 Å². The van der Waals surface area contributed by atoms with E-state index in [0.29, 0.717) is 19.6 Å². The highest BCUT2D eigenvalue weighted by Gasteiger charge is 2.30. The molecule has 0 saturated carbocycles. The van der Waals surface area contributed by atoms with Gasteiger partial charge in [0.05, 0.1) is 29.5 Å². The third kappa shape index (κ3) is 3.64. The van der Waals surface area contributed by atoms with E-state index >= 15 is 0 Å². The van der Waals surface area contributed by atoms with Gasteiger partial charge in [-0.15, -0.1) is 0 Å². The number of aromatic nitrogens is 2. The molecule has 0 bridgehead atoms. The number of fused-ring (bicyclic) bond motifs is 1. The van der Waals surface area contributed by atoms with E-state index in [1.54, 1.807) is 6.33 Å². The summed E-state index contributed by atoms with van der Waals surface area (Å²) in [6.07, 6.45) is -1.92. The van der Waals surface area contributed by atoms with Gasteiger partial charge in [-0.25, -0.2) is 4.98 Å². The number of benzene rings is 2. The molecule has 23 heavy (non-hydrogen) atoms. The van der Waals surface area contributed by atoms with Crippen LogP contribution in [0.5, 0.6) is 5.75 Å². The summed E-state index contributed by atoms with van der Waals surface area (Å²) in [7, 11) is 0. The molecular formula is C17H15F3N2O. The Bertz CT molecular complexity index is 796. The van der Waals surface area contributed by atoms with E-state index in [1.165, 1.54) is 12.1 Å². The number of hydrogen-bond donors (Lipinski definition) is 0. The lowest BCUT2D eigenvalue weighted by molar-refractivity contribution is -0.137. The van der Waals surface area contributed by atoms with Gasteiger partial charge in [-0.05, 0) is 36.8 Å². The zero-order chi connectivity index (χ0) is 16.3. The van der Waals surface area contributed by atoms with Crippen LogP contribution in [-0.2, 0) is 12.7 Å². The Hall–Kier alpha value is -2.50. The SMILES string of the molecule is FC(F)(F)c1cccc(OCCCn2cnc3ccccc32)c1. The minimum Gasteiger partial charge on any atom is -0.494 e. The van der Waals surface area contributed by atoms with Crippen molar-refractivity contribution >= 4 is 11.0 Å². The van der Waals surface area contributed by atoms with Crippen molar-refractivity contribution in [2.24, 2.45) is 0 Å². The van der Waals surface area contributed by atoms with Crippen LogP contribution < -0.4 is 4.74 Å². The maximum Gasteiger partial charge on any atom is 0.416 e. The maximum absolute atomic E-state index is 12.6. The van der Waals surface area contributed by atoms with Crippen LogP contribution in [0.3, 0.4) is 0 Å². The van der Waals surface area contributed by atoms with E-state index in [-0.39, 0.29) is 5.75 Å². The monoisotopic (exact) mass is 320 g/mol. The first kappa shape index (κ1) is 15.4. The summed E-state index contributed by atoms with van der Waals surface area (Å²) in [6.45, 7) is 1.04. The number of hydrogen-bond acceptors (Lipinski definition) is 2. The summed E-state index contributed by atoms with van der Waals surface area (Å²) in [5.74, 6) is 0.232. The second-order valence-corrected chi connectivity index (χ2v) is 5.15.